The molecule has 0 aromatic carbocycles. The van der Waals surface area contributed by atoms with Gasteiger partial charge < -0.3 is 24.5 Å². The van der Waals surface area contributed by atoms with Crippen molar-refractivity contribution in [3.63, 3.8) is 0 Å². The number of hydrogen-bond acceptors (Lipinski definition) is 6. The van der Waals surface area contributed by atoms with Crippen molar-refractivity contribution in [2.24, 2.45) is 10.9 Å². The molecule has 0 saturated carbocycles. The van der Waals surface area contributed by atoms with Crippen LogP contribution < -0.4 is 10.6 Å². The molecule has 0 amide bonds. The van der Waals surface area contributed by atoms with Gasteiger partial charge in [-0.1, -0.05) is 6.07 Å². The van der Waals surface area contributed by atoms with Gasteiger partial charge in [-0.3, -0.25) is 0 Å². The van der Waals surface area contributed by atoms with Crippen LogP contribution in [0.25, 0.3) is 10.8 Å². The first-order valence-electron chi connectivity index (χ1n) is 10.0. The van der Waals surface area contributed by atoms with Gasteiger partial charge >= 0.3 is 0 Å². The maximum absolute atomic E-state index is 5.81. The summed E-state index contributed by atoms with van der Waals surface area (Å²) in [6.45, 7) is 7.51. The van der Waals surface area contributed by atoms with Gasteiger partial charge in [-0.15, -0.1) is 11.3 Å². The van der Waals surface area contributed by atoms with Gasteiger partial charge in [0.05, 0.1) is 11.4 Å². The van der Waals surface area contributed by atoms with Crippen molar-refractivity contribution in [1.29, 1.82) is 0 Å². The lowest BCUT2D eigenvalue weighted by Crippen LogP contribution is -2.38. The maximum atomic E-state index is 5.81. The summed E-state index contributed by atoms with van der Waals surface area (Å²) in [5, 5.41) is 8.62. The zero-order valence-corrected chi connectivity index (χ0v) is 17.3. The Hall–Kier alpha value is -1.90. The number of nitrogens with zero attached hydrogens (tertiary/aromatic N) is 2. The Bertz CT molecular complexity index is 696. The molecule has 0 radical (unpaired) electrons. The number of guanidine groups is 1. The van der Waals surface area contributed by atoms with E-state index in [1.165, 1.54) is 0 Å². The first-order chi connectivity index (χ1) is 13.8. The molecule has 1 fully saturated rings. The molecule has 28 heavy (non-hydrogen) atoms. The summed E-state index contributed by atoms with van der Waals surface area (Å²) in [6, 6.07) is 3.99. The zero-order chi connectivity index (χ0) is 19.4. The van der Waals surface area contributed by atoms with E-state index in [9.17, 15) is 0 Å². The molecule has 3 rings (SSSR count). The van der Waals surface area contributed by atoms with Crippen LogP contribution in [0.2, 0.25) is 0 Å². The van der Waals surface area contributed by atoms with Crippen LogP contribution in [-0.4, -0.2) is 50.5 Å². The highest BCUT2D eigenvalue weighted by Gasteiger charge is 2.13. The molecule has 1 aliphatic rings. The van der Waals surface area contributed by atoms with Crippen molar-refractivity contribution in [2.45, 2.75) is 32.7 Å². The van der Waals surface area contributed by atoms with Crippen molar-refractivity contribution in [2.75, 3.05) is 39.5 Å². The van der Waals surface area contributed by atoms with Crippen molar-refractivity contribution < 1.29 is 13.9 Å². The number of rotatable bonds is 10. The number of aromatic nitrogens is 1. The molecule has 1 saturated heterocycles. The van der Waals surface area contributed by atoms with Gasteiger partial charge in [0, 0.05) is 39.5 Å². The highest BCUT2D eigenvalue weighted by molar-refractivity contribution is 7.13. The second kappa shape index (κ2) is 11.8. The SMILES string of the molecule is CCNC(=NCc1coc(-c2cccs2)n1)NCCCOCC1CCOCC1. The smallest absolute Gasteiger partial charge is 0.236 e. The zero-order valence-electron chi connectivity index (χ0n) is 16.5. The molecule has 0 spiro atoms. The summed E-state index contributed by atoms with van der Waals surface area (Å²) in [7, 11) is 0. The van der Waals surface area contributed by atoms with Crippen molar-refractivity contribution in [3.05, 3.63) is 29.5 Å². The fourth-order valence-corrected chi connectivity index (χ4v) is 3.59. The van der Waals surface area contributed by atoms with Gasteiger partial charge in [0.25, 0.3) is 0 Å². The third-order valence-electron chi connectivity index (χ3n) is 4.48. The molecule has 3 heterocycles. The Morgan fingerprint density at radius 2 is 2.25 bits per heavy atom. The molecule has 0 atom stereocenters. The molecule has 0 bridgehead atoms. The summed E-state index contributed by atoms with van der Waals surface area (Å²) in [5.41, 5.74) is 0.820. The number of ether oxygens (including phenoxy) is 2. The number of oxazole rings is 1. The standard InChI is InChI=1S/C20H30N4O3S/c1-2-21-20(22-8-4-9-26-14-16-6-10-25-11-7-16)23-13-17-15-27-19(24-17)18-5-3-12-28-18/h3,5,12,15-16H,2,4,6-11,13-14H2,1H3,(H2,21,22,23). The van der Waals surface area contributed by atoms with E-state index in [4.69, 9.17) is 13.9 Å². The summed E-state index contributed by atoms with van der Waals surface area (Å²) < 4.78 is 16.7. The van der Waals surface area contributed by atoms with E-state index in [0.717, 1.165) is 75.3 Å². The van der Waals surface area contributed by atoms with E-state index in [1.54, 1.807) is 17.6 Å². The first-order valence-corrected chi connectivity index (χ1v) is 10.9. The minimum absolute atomic E-state index is 0.477. The van der Waals surface area contributed by atoms with E-state index >= 15 is 0 Å². The van der Waals surface area contributed by atoms with Crippen LogP contribution in [0, 0.1) is 5.92 Å². The van der Waals surface area contributed by atoms with Gasteiger partial charge in [-0.2, -0.15) is 0 Å². The van der Waals surface area contributed by atoms with Crippen LogP contribution >= 0.6 is 11.3 Å². The van der Waals surface area contributed by atoms with Crippen LogP contribution in [0.5, 0.6) is 0 Å². The molecule has 1 aliphatic heterocycles. The molecule has 8 heteroatoms. The number of aliphatic imine (C=N–C) groups is 1. The third-order valence-corrected chi connectivity index (χ3v) is 5.34. The normalized spacial score (nSPS) is 15.7. The Balaban J connectivity index is 1.35. The molecule has 0 unspecified atom stereocenters. The van der Waals surface area contributed by atoms with Crippen molar-refractivity contribution in [1.82, 2.24) is 15.6 Å². The van der Waals surface area contributed by atoms with Crippen LogP contribution in [0.4, 0.5) is 0 Å². The topological polar surface area (TPSA) is 80.9 Å². The Kier molecular flexibility index (Phi) is 8.80. The molecule has 7 nitrogen and oxygen atoms in total. The Morgan fingerprint density at radius 3 is 3.04 bits per heavy atom. The number of nitrogens with one attached hydrogen (secondary N) is 2. The van der Waals surface area contributed by atoms with E-state index in [1.807, 2.05) is 17.5 Å². The average Bonchev–Trinajstić information content (AvgIpc) is 3.41. The lowest BCUT2D eigenvalue weighted by Gasteiger charge is -2.21. The average molecular weight is 407 g/mol. The van der Waals surface area contributed by atoms with Crippen LogP contribution in [0.1, 0.15) is 31.9 Å². The fraction of sp³-hybridized carbons (Fsp3) is 0.600. The van der Waals surface area contributed by atoms with Gasteiger partial charge in [-0.05, 0) is 43.6 Å². The monoisotopic (exact) mass is 406 g/mol. The number of thiophene rings is 1. The van der Waals surface area contributed by atoms with Crippen LogP contribution in [0.3, 0.4) is 0 Å². The molecule has 2 aromatic rings. The molecule has 0 aliphatic carbocycles. The molecule has 2 N–H and O–H groups in total. The largest absolute Gasteiger partial charge is 0.443 e. The van der Waals surface area contributed by atoms with Crippen LogP contribution in [0.15, 0.2) is 33.2 Å². The van der Waals surface area contributed by atoms with Gasteiger partial charge in [0.15, 0.2) is 5.96 Å². The maximum Gasteiger partial charge on any atom is 0.236 e. The Labute approximate surface area is 170 Å². The van der Waals surface area contributed by atoms with E-state index in [2.05, 4.69) is 27.5 Å². The highest BCUT2D eigenvalue weighted by Crippen LogP contribution is 2.23. The second-order valence-corrected chi connectivity index (χ2v) is 7.68. The molecule has 154 valence electrons. The quantitative estimate of drug-likeness (QED) is 0.358. The fourth-order valence-electron chi connectivity index (χ4n) is 2.94. The third kappa shape index (κ3) is 6.92. The molecule has 2 aromatic heterocycles. The van der Waals surface area contributed by atoms with Gasteiger partial charge in [0.2, 0.25) is 5.89 Å². The van der Waals surface area contributed by atoms with Crippen LogP contribution in [-0.2, 0) is 16.0 Å². The number of hydrogen-bond donors (Lipinski definition) is 2. The van der Waals surface area contributed by atoms with Crippen molar-refractivity contribution >= 4 is 17.3 Å². The second-order valence-electron chi connectivity index (χ2n) is 6.73. The van der Waals surface area contributed by atoms with E-state index in [-0.39, 0.29) is 0 Å². The lowest BCUT2D eigenvalue weighted by molar-refractivity contribution is 0.0203. The predicted octanol–water partition coefficient (Wildman–Crippen LogP) is 3.29. The Morgan fingerprint density at radius 1 is 1.36 bits per heavy atom. The predicted molar refractivity (Wildman–Crippen MR) is 112 cm³/mol. The lowest BCUT2D eigenvalue weighted by atomic mass is 10.0. The summed E-state index contributed by atoms with van der Waals surface area (Å²) >= 11 is 1.61. The summed E-state index contributed by atoms with van der Waals surface area (Å²) in [5.74, 6) is 2.09. The summed E-state index contributed by atoms with van der Waals surface area (Å²) in [4.78, 5) is 10.1. The van der Waals surface area contributed by atoms with Gasteiger partial charge in [0.1, 0.15) is 12.0 Å². The van der Waals surface area contributed by atoms with Gasteiger partial charge in [-0.25, -0.2) is 9.98 Å². The highest BCUT2D eigenvalue weighted by atomic mass is 32.1. The summed E-state index contributed by atoms with van der Waals surface area (Å²) in [6.07, 6.45) is 4.85. The van der Waals surface area contributed by atoms with E-state index < -0.39 is 0 Å². The van der Waals surface area contributed by atoms with E-state index in [0.29, 0.717) is 18.4 Å². The van der Waals surface area contributed by atoms with Crippen molar-refractivity contribution in [3.8, 4) is 10.8 Å². The first kappa shape index (κ1) is 20.8. The molecular weight excluding hydrogens is 376 g/mol. The minimum Gasteiger partial charge on any atom is -0.443 e. The molecular formula is C20H30N4O3S. The minimum atomic E-state index is 0.477.